The molecule has 0 radical (unpaired) electrons. The molecule has 0 aromatic carbocycles. The van der Waals surface area contributed by atoms with Crippen molar-refractivity contribution in [3.05, 3.63) is 12.2 Å². The van der Waals surface area contributed by atoms with Gasteiger partial charge in [0.05, 0.1) is 12.6 Å². The van der Waals surface area contributed by atoms with Gasteiger partial charge in [0.25, 0.3) is 11.8 Å². The van der Waals surface area contributed by atoms with E-state index in [4.69, 9.17) is 7.10 Å². The fourth-order valence-electron chi connectivity index (χ4n) is 3.91. The number of primary amides is 1. The van der Waals surface area contributed by atoms with Crippen molar-refractivity contribution in [2.24, 2.45) is 17.6 Å². The van der Waals surface area contributed by atoms with Crippen LogP contribution in [0.3, 0.4) is 0 Å². The van der Waals surface area contributed by atoms with Crippen LogP contribution in [0.15, 0.2) is 12.2 Å². The number of nitrogens with two attached hydrogens (primary N) is 1. The minimum Gasteiger partial charge on any atom is -0.394 e. The number of nitrogens with one attached hydrogen (secondary N) is 3. The van der Waals surface area contributed by atoms with Crippen LogP contribution in [0, 0.1) is 11.8 Å². The number of rotatable bonds is 19. The molecule has 0 spiro atoms. The van der Waals surface area contributed by atoms with Gasteiger partial charge in [-0.1, -0.05) is 20.3 Å². The molecule has 0 fully saturated rings. The zero-order valence-electron chi connectivity index (χ0n) is 22.9. The quantitative estimate of drug-likeness (QED) is 0.0806. The molecule has 0 saturated carbocycles. The van der Waals surface area contributed by atoms with E-state index < -0.39 is 48.6 Å². The van der Waals surface area contributed by atoms with Gasteiger partial charge < -0.3 is 31.6 Å². The number of ketones is 1. The highest BCUT2D eigenvalue weighted by Crippen LogP contribution is 2.17. The SMILES string of the molecule is [2H]C(=O)[C@H](CO)NC(=O)[C@H](CCCNC(N)=O)CC(=O)[C@@H](NC(=O)CCCCCN1C(=O)C=CC1=O)C(C)C. The third kappa shape index (κ3) is 11.6. The largest absolute Gasteiger partial charge is 0.394 e. The summed E-state index contributed by atoms with van der Waals surface area (Å²) in [4.78, 5) is 84.9. The van der Waals surface area contributed by atoms with Gasteiger partial charge in [-0.25, -0.2) is 4.79 Å². The van der Waals surface area contributed by atoms with E-state index in [-0.39, 0.29) is 62.4 Å². The fraction of sp³-hybridized carbons (Fsp3) is 0.640. The molecule has 0 aromatic heterocycles. The molecule has 212 valence electrons. The molecule has 1 heterocycles. The van der Waals surface area contributed by atoms with Crippen molar-refractivity contribution in [3.63, 3.8) is 0 Å². The summed E-state index contributed by atoms with van der Waals surface area (Å²) in [5.74, 6) is -3.41. The summed E-state index contributed by atoms with van der Waals surface area (Å²) in [7, 11) is 0. The molecule has 0 saturated heterocycles. The first-order valence-corrected chi connectivity index (χ1v) is 12.7. The first-order valence-electron chi connectivity index (χ1n) is 13.2. The van der Waals surface area contributed by atoms with Crippen molar-refractivity contribution in [2.75, 3.05) is 19.7 Å². The van der Waals surface area contributed by atoms with Gasteiger partial charge in [0.2, 0.25) is 11.8 Å². The molecule has 13 heteroatoms. The van der Waals surface area contributed by atoms with Gasteiger partial charge in [-0.05, 0) is 31.6 Å². The van der Waals surface area contributed by atoms with E-state index in [1.165, 1.54) is 12.2 Å². The predicted octanol–water partition coefficient (Wildman–Crippen LogP) is -0.687. The van der Waals surface area contributed by atoms with Crippen LogP contribution in [0.25, 0.3) is 0 Å². The van der Waals surface area contributed by atoms with Gasteiger partial charge in [0.15, 0.2) is 5.78 Å². The molecule has 6 N–H and O–H groups in total. The Balaban J connectivity index is 2.67. The molecular weight excluding hydrogens is 498 g/mol. The summed E-state index contributed by atoms with van der Waals surface area (Å²) >= 11 is 0. The van der Waals surface area contributed by atoms with Crippen LogP contribution in [0.5, 0.6) is 0 Å². The van der Waals surface area contributed by atoms with Crippen LogP contribution in [-0.2, 0) is 28.8 Å². The minimum atomic E-state index is -1.43. The van der Waals surface area contributed by atoms with Crippen molar-refractivity contribution in [3.8, 4) is 0 Å². The van der Waals surface area contributed by atoms with Crippen molar-refractivity contribution in [1.82, 2.24) is 20.9 Å². The van der Waals surface area contributed by atoms with E-state index >= 15 is 0 Å². The fourth-order valence-corrected chi connectivity index (χ4v) is 3.91. The average molecular weight is 539 g/mol. The van der Waals surface area contributed by atoms with Crippen molar-refractivity contribution < 1.29 is 40.0 Å². The standard InChI is InChI=1S/C25H39N5O8/c1-16(2)23(29-20(34)8-4-3-5-12-30-21(35)9-10-22(30)36)19(33)13-17(7-6-11-27-25(26)38)24(37)28-18(14-31)15-32/h9-10,14,16-18,23,32H,3-8,11-13,15H2,1-2H3,(H,28,37)(H,29,34)(H3,26,27,38)/t17-,18-,23+/m1/s1/i14D. The lowest BCUT2D eigenvalue weighted by Crippen LogP contribution is -2.47. The molecular formula is C25H39N5O8. The number of carbonyl (C=O) groups is 7. The highest BCUT2D eigenvalue weighted by molar-refractivity contribution is 6.12. The lowest BCUT2D eigenvalue weighted by Gasteiger charge is -2.24. The van der Waals surface area contributed by atoms with Crippen LogP contribution in [0.4, 0.5) is 4.79 Å². The molecule has 0 bridgehead atoms. The van der Waals surface area contributed by atoms with Crippen LogP contribution < -0.4 is 21.7 Å². The lowest BCUT2D eigenvalue weighted by atomic mass is 9.89. The molecule has 1 aliphatic heterocycles. The number of Topliss-reactive ketones (excluding diaryl/α,β-unsaturated/α-hetero) is 1. The van der Waals surface area contributed by atoms with Crippen molar-refractivity contribution in [2.45, 2.75) is 70.9 Å². The lowest BCUT2D eigenvalue weighted by molar-refractivity contribution is -0.137. The number of unbranched alkanes of at least 4 members (excludes halogenated alkanes) is 2. The van der Waals surface area contributed by atoms with E-state index in [1.54, 1.807) is 13.8 Å². The van der Waals surface area contributed by atoms with Crippen LogP contribution in [-0.4, -0.2) is 83.5 Å². The third-order valence-corrected chi connectivity index (χ3v) is 6.00. The number of urea groups is 1. The Morgan fingerprint density at radius 3 is 2.29 bits per heavy atom. The van der Waals surface area contributed by atoms with Crippen LogP contribution in [0.2, 0.25) is 0 Å². The Labute approximate surface area is 223 Å². The van der Waals surface area contributed by atoms with Crippen LogP contribution in [0.1, 0.15) is 60.2 Å². The van der Waals surface area contributed by atoms with E-state index in [9.17, 15) is 38.7 Å². The second kappa shape index (κ2) is 17.0. The Kier molecular flexibility index (Phi) is 13.7. The highest BCUT2D eigenvalue weighted by atomic mass is 16.3. The van der Waals surface area contributed by atoms with Crippen molar-refractivity contribution in [1.29, 1.82) is 0 Å². The number of nitrogens with zero attached hydrogens (tertiary/aromatic N) is 1. The topological polar surface area (TPSA) is 205 Å². The average Bonchev–Trinajstić information content (AvgIpc) is 3.18. The van der Waals surface area contributed by atoms with Crippen molar-refractivity contribution >= 4 is 41.7 Å². The summed E-state index contributed by atoms with van der Waals surface area (Å²) in [5, 5.41) is 16.6. The third-order valence-electron chi connectivity index (χ3n) is 6.00. The molecule has 0 unspecified atom stereocenters. The number of aliphatic hydroxyl groups excluding tert-OH is 1. The molecule has 1 rings (SSSR count). The van der Waals surface area contributed by atoms with E-state index in [1.807, 2.05) is 0 Å². The molecule has 6 amide bonds. The summed E-state index contributed by atoms with van der Waals surface area (Å²) in [6, 6.07) is -3.06. The molecule has 0 aromatic rings. The van der Waals surface area contributed by atoms with Gasteiger partial charge >= 0.3 is 6.03 Å². The summed E-state index contributed by atoms with van der Waals surface area (Å²) in [6.45, 7) is 3.13. The van der Waals surface area contributed by atoms with Gasteiger partial charge in [0.1, 0.15) is 13.7 Å². The number of aldehydes is 1. The Bertz CT molecular complexity index is 937. The maximum atomic E-state index is 13.1. The Morgan fingerprint density at radius 2 is 1.74 bits per heavy atom. The number of amides is 6. The summed E-state index contributed by atoms with van der Waals surface area (Å²) in [6.07, 6.45) is 3.13. The van der Waals surface area contributed by atoms with Gasteiger partial charge in [-0.2, -0.15) is 0 Å². The maximum Gasteiger partial charge on any atom is 0.312 e. The second-order valence-electron chi connectivity index (χ2n) is 9.42. The second-order valence-corrected chi connectivity index (χ2v) is 9.42. The number of imide groups is 1. The number of carbonyl (C=O) groups excluding carboxylic acids is 7. The number of aliphatic hydroxyl groups is 1. The van der Waals surface area contributed by atoms with E-state index in [2.05, 4.69) is 16.0 Å². The number of hydrogen-bond donors (Lipinski definition) is 5. The highest BCUT2D eigenvalue weighted by Gasteiger charge is 2.30. The number of hydrogen-bond acceptors (Lipinski definition) is 8. The Hall–Kier alpha value is -3.61. The zero-order valence-corrected chi connectivity index (χ0v) is 21.9. The van der Waals surface area contributed by atoms with Gasteiger partial charge in [-0.3, -0.25) is 28.9 Å². The van der Waals surface area contributed by atoms with Gasteiger partial charge in [-0.15, -0.1) is 0 Å². The summed E-state index contributed by atoms with van der Waals surface area (Å²) < 4.78 is 7.15. The smallest absolute Gasteiger partial charge is 0.312 e. The van der Waals surface area contributed by atoms with Crippen LogP contribution >= 0.6 is 0 Å². The van der Waals surface area contributed by atoms with E-state index in [0.29, 0.717) is 19.3 Å². The maximum absolute atomic E-state index is 13.1. The first-order chi connectivity index (χ1) is 18.4. The molecule has 0 aliphatic carbocycles. The molecule has 13 nitrogen and oxygen atoms in total. The first kappa shape index (κ1) is 30.6. The minimum absolute atomic E-state index is 0.128. The molecule has 38 heavy (non-hydrogen) atoms. The summed E-state index contributed by atoms with van der Waals surface area (Å²) in [5.41, 5.74) is 5.04. The van der Waals surface area contributed by atoms with E-state index in [0.717, 1.165) is 4.90 Å². The molecule has 1 aliphatic rings. The molecule has 3 atom stereocenters. The van der Waals surface area contributed by atoms with Gasteiger partial charge in [0, 0.05) is 44.0 Å². The monoisotopic (exact) mass is 538 g/mol. The Morgan fingerprint density at radius 1 is 1.08 bits per heavy atom. The normalized spacial score (nSPS) is 15.6. The predicted molar refractivity (Wildman–Crippen MR) is 136 cm³/mol. The zero-order chi connectivity index (χ0) is 29.5.